The molecule has 2 heterocycles. The van der Waals surface area contributed by atoms with E-state index >= 15 is 0 Å². The standard InChI is InChI=1S/C14H20N4/c1-10-8-11(6-7-18(10)2)16-13-4-3-5-14-12(13)9-15-17-14/h3-5,9-11,16H,6-8H2,1-2H3,(H,15,17). The van der Waals surface area contributed by atoms with Gasteiger partial charge >= 0.3 is 0 Å². The molecule has 1 aromatic heterocycles. The summed E-state index contributed by atoms with van der Waals surface area (Å²) >= 11 is 0. The lowest BCUT2D eigenvalue weighted by atomic mass is 9.98. The van der Waals surface area contributed by atoms with E-state index in [0.717, 1.165) is 5.52 Å². The number of hydrogen-bond acceptors (Lipinski definition) is 3. The summed E-state index contributed by atoms with van der Waals surface area (Å²) in [7, 11) is 2.21. The first kappa shape index (κ1) is 11.5. The predicted molar refractivity (Wildman–Crippen MR) is 74.8 cm³/mol. The van der Waals surface area contributed by atoms with E-state index < -0.39 is 0 Å². The molecule has 0 aliphatic carbocycles. The SMILES string of the molecule is CC1CC(Nc2cccc3[nH]ncc23)CCN1C. The molecule has 1 aliphatic rings. The number of nitrogens with zero attached hydrogens (tertiary/aromatic N) is 2. The zero-order chi connectivity index (χ0) is 12.5. The molecule has 0 saturated carbocycles. The molecule has 0 bridgehead atoms. The van der Waals surface area contributed by atoms with Crippen LogP contribution in [0.25, 0.3) is 10.9 Å². The molecule has 18 heavy (non-hydrogen) atoms. The molecule has 3 rings (SSSR count). The van der Waals surface area contributed by atoms with Gasteiger partial charge in [-0.2, -0.15) is 5.10 Å². The second kappa shape index (κ2) is 4.61. The first-order chi connectivity index (χ1) is 8.74. The van der Waals surface area contributed by atoms with Crippen molar-refractivity contribution in [3.8, 4) is 0 Å². The Morgan fingerprint density at radius 2 is 2.33 bits per heavy atom. The lowest BCUT2D eigenvalue weighted by Gasteiger charge is -2.35. The van der Waals surface area contributed by atoms with Crippen LogP contribution in [0.1, 0.15) is 19.8 Å². The van der Waals surface area contributed by atoms with Gasteiger partial charge in [-0.1, -0.05) is 6.07 Å². The lowest BCUT2D eigenvalue weighted by Crippen LogP contribution is -2.42. The average molecular weight is 244 g/mol. The maximum atomic E-state index is 4.11. The van der Waals surface area contributed by atoms with Gasteiger partial charge in [0.15, 0.2) is 0 Å². The summed E-state index contributed by atoms with van der Waals surface area (Å²) in [5, 5.41) is 12.0. The van der Waals surface area contributed by atoms with Crippen LogP contribution in [0.4, 0.5) is 5.69 Å². The maximum absolute atomic E-state index is 4.11. The molecule has 1 aromatic carbocycles. The minimum Gasteiger partial charge on any atom is -0.382 e. The molecule has 4 nitrogen and oxygen atoms in total. The van der Waals surface area contributed by atoms with Crippen LogP contribution in [-0.4, -0.2) is 40.8 Å². The van der Waals surface area contributed by atoms with Crippen molar-refractivity contribution in [3.63, 3.8) is 0 Å². The summed E-state index contributed by atoms with van der Waals surface area (Å²) in [4.78, 5) is 2.43. The number of H-pyrrole nitrogens is 1. The van der Waals surface area contributed by atoms with Crippen molar-refractivity contribution < 1.29 is 0 Å². The fourth-order valence-corrected chi connectivity index (χ4v) is 2.73. The molecule has 2 atom stereocenters. The van der Waals surface area contributed by atoms with E-state index in [9.17, 15) is 0 Å². The molecule has 96 valence electrons. The van der Waals surface area contributed by atoms with E-state index in [1.54, 1.807) is 0 Å². The Bertz CT molecular complexity index is 533. The molecular formula is C14H20N4. The van der Waals surface area contributed by atoms with Crippen LogP contribution < -0.4 is 5.32 Å². The number of aromatic nitrogens is 2. The van der Waals surface area contributed by atoms with Crippen molar-refractivity contribution >= 4 is 16.6 Å². The van der Waals surface area contributed by atoms with Crippen molar-refractivity contribution in [1.29, 1.82) is 0 Å². The largest absolute Gasteiger partial charge is 0.382 e. The third-order valence-corrected chi connectivity index (χ3v) is 4.05. The highest BCUT2D eigenvalue weighted by Gasteiger charge is 2.22. The summed E-state index contributed by atoms with van der Waals surface area (Å²) in [6.45, 7) is 3.46. The third-order valence-electron chi connectivity index (χ3n) is 4.05. The fraction of sp³-hybridized carbons (Fsp3) is 0.500. The zero-order valence-electron chi connectivity index (χ0n) is 11.0. The van der Waals surface area contributed by atoms with E-state index in [2.05, 4.69) is 52.6 Å². The summed E-state index contributed by atoms with van der Waals surface area (Å²) in [5.74, 6) is 0. The molecule has 2 N–H and O–H groups in total. The number of fused-ring (bicyclic) bond motifs is 1. The molecule has 0 amide bonds. The zero-order valence-corrected chi connectivity index (χ0v) is 11.0. The van der Waals surface area contributed by atoms with E-state index in [1.807, 2.05) is 6.20 Å². The first-order valence-corrected chi connectivity index (χ1v) is 6.63. The van der Waals surface area contributed by atoms with Gasteiger partial charge in [0.1, 0.15) is 0 Å². The number of aromatic amines is 1. The molecule has 2 aromatic rings. The van der Waals surface area contributed by atoms with Gasteiger partial charge in [0.25, 0.3) is 0 Å². The number of likely N-dealkylation sites (tertiary alicyclic amines) is 1. The Balaban J connectivity index is 1.78. The minimum absolute atomic E-state index is 0.566. The summed E-state index contributed by atoms with van der Waals surface area (Å²) in [6, 6.07) is 7.49. The Labute approximate surface area is 107 Å². The van der Waals surface area contributed by atoms with Crippen LogP contribution in [0.5, 0.6) is 0 Å². The Morgan fingerprint density at radius 3 is 3.17 bits per heavy atom. The topological polar surface area (TPSA) is 44.0 Å². The van der Waals surface area contributed by atoms with Gasteiger partial charge in [0, 0.05) is 29.7 Å². The minimum atomic E-state index is 0.566. The predicted octanol–water partition coefficient (Wildman–Crippen LogP) is 2.46. The summed E-state index contributed by atoms with van der Waals surface area (Å²) < 4.78 is 0. The van der Waals surface area contributed by atoms with Gasteiger partial charge in [0.2, 0.25) is 0 Å². The van der Waals surface area contributed by atoms with Gasteiger partial charge in [-0.15, -0.1) is 0 Å². The van der Waals surface area contributed by atoms with Crippen LogP contribution in [0.15, 0.2) is 24.4 Å². The van der Waals surface area contributed by atoms with Crippen molar-refractivity contribution in [1.82, 2.24) is 15.1 Å². The number of anilines is 1. The second-order valence-corrected chi connectivity index (χ2v) is 5.33. The maximum Gasteiger partial charge on any atom is 0.0671 e. The van der Waals surface area contributed by atoms with Crippen LogP contribution in [0.3, 0.4) is 0 Å². The van der Waals surface area contributed by atoms with Crippen LogP contribution in [0.2, 0.25) is 0 Å². The van der Waals surface area contributed by atoms with Crippen molar-refractivity contribution in [2.24, 2.45) is 0 Å². The molecular weight excluding hydrogens is 224 g/mol. The van der Waals surface area contributed by atoms with Crippen molar-refractivity contribution in [2.75, 3.05) is 18.9 Å². The molecule has 2 unspecified atom stereocenters. The van der Waals surface area contributed by atoms with E-state index in [0.29, 0.717) is 12.1 Å². The van der Waals surface area contributed by atoms with Gasteiger partial charge in [-0.25, -0.2) is 0 Å². The molecule has 1 fully saturated rings. The Kier molecular flexibility index (Phi) is 2.96. The van der Waals surface area contributed by atoms with Crippen LogP contribution >= 0.6 is 0 Å². The molecule has 1 aliphatic heterocycles. The molecule has 0 radical (unpaired) electrons. The summed E-state index contributed by atoms with van der Waals surface area (Å²) in [5.41, 5.74) is 2.30. The van der Waals surface area contributed by atoms with Crippen LogP contribution in [-0.2, 0) is 0 Å². The Hall–Kier alpha value is -1.55. The molecule has 4 heteroatoms. The number of piperidine rings is 1. The number of nitrogens with one attached hydrogen (secondary N) is 2. The average Bonchev–Trinajstić information content (AvgIpc) is 2.83. The van der Waals surface area contributed by atoms with E-state index in [4.69, 9.17) is 0 Å². The van der Waals surface area contributed by atoms with E-state index in [-0.39, 0.29) is 0 Å². The number of benzene rings is 1. The van der Waals surface area contributed by atoms with Crippen molar-refractivity contribution in [2.45, 2.75) is 31.8 Å². The van der Waals surface area contributed by atoms with Crippen LogP contribution in [0, 0.1) is 0 Å². The normalized spacial score (nSPS) is 25.4. The first-order valence-electron chi connectivity index (χ1n) is 6.63. The molecule has 1 saturated heterocycles. The highest BCUT2D eigenvalue weighted by molar-refractivity contribution is 5.90. The highest BCUT2D eigenvalue weighted by atomic mass is 15.1. The van der Waals surface area contributed by atoms with E-state index in [1.165, 1.54) is 30.5 Å². The third kappa shape index (κ3) is 2.08. The number of hydrogen-bond donors (Lipinski definition) is 2. The van der Waals surface area contributed by atoms with Gasteiger partial charge in [0.05, 0.1) is 11.7 Å². The second-order valence-electron chi connectivity index (χ2n) is 5.33. The smallest absolute Gasteiger partial charge is 0.0671 e. The van der Waals surface area contributed by atoms with Gasteiger partial charge in [-0.05, 0) is 38.9 Å². The quantitative estimate of drug-likeness (QED) is 0.853. The molecule has 0 spiro atoms. The van der Waals surface area contributed by atoms with Crippen molar-refractivity contribution in [3.05, 3.63) is 24.4 Å². The monoisotopic (exact) mass is 244 g/mol. The Morgan fingerprint density at radius 1 is 1.44 bits per heavy atom. The fourth-order valence-electron chi connectivity index (χ4n) is 2.73. The highest BCUT2D eigenvalue weighted by Crippen LogP contribution is 2.25. The summed E-state index contributed by atoms with van der Waals surface area (Å²) in [6.07, 6.45) is 4.30. The number of rotatable bonds is 2. The van der Waals surface area contributed by atoms with Gasteiger partial charge < -0.3 is 10.2 Å². The van der Waals surface area contributed by atoms with Gasteiger partial charge in [-0.3, -0.25) is 5.10 Å². The lowest BCUT2D eigenvalue weighted by molar-refractivity contribution is 0.190.